The number of anilines is 1. The second-order valence-electron chi connectivity index (χ2n) is 7.28. The number of nitrogens with zero attached hydrogens (tertiary/aromatic N) is 2. The van der Waals surface area contributed by atoms with E-state index in [4.69, 9.17) is 16.3 Å². The number of amides is 1. The predicted octanol–water partition coefficient (Wildman–Crippen LogP) is 3.21. The molecule has 1 aliphatic heterocycles. The number of hydrogen-bond donors (Lipinski definition) is 1. The summed E-state index contributed by atoms with van der Waals surface area (Å²) in [5.41, 5.74) is 2.22. The van der Waals surface area contributed by atoms with Crippen molar-refractivity contribution in [2.75, 3.05) is 45.2 Å². The normalized spacial score (nSPS) is 15.8. The molecule has 0 radical (unpaired) electrons. The van der Waals surface area contributed by atoms with Crippen molar-refractivity contribution < 1.29 is 17.9 Å². The Hall–Kier alpha value is -2.39. The molecule has 1 heterocycles. The number of methoxy groups -OCH3 is 1. The summed E-state index contributed by atoms with van der Waals surface area (Å²) in [6.45, 7) is 3.63. The van der Waals surface area contributed by atoms with Crippen LogP contribution in [0.25, 0.3) is 6.08 Å². The highest BCUT2D eigenvalue weighted by Gasteiger charge is 2.26. The second kappa shape index (κ2) is 10.3. The van der Waals surface area contributed by atoms with Gasteiger partial charge in [0.1, 0.15) is 5.75 Å². The molecule has 166 valence electrons. The molecule has 0 aliphatic carbocycles. The minimum atomic E-state index is -3.50. The maximum Gasteiger partial charge on any atom is 0.238 e. The Bertz CT molecular complexity index is 1050. The standard InChI is InChI=1S/C22H26ClN3O4S/c1-17-14-20(21(30-2)15-19(17)23)24-22(27)16-25-9-11-26(12-10-25)31(28,29)13-8-18-6-4-3-5-7-18/h3-8,13-15H,9-12,16H2,1-2H3,(H,24,27)/b13-8+. The summed E-state index contributed by atoms with van der Waals surface area (Å²) in [6.07, 6.45) is 1.59. The van der Waals surface area contributed by atoms with Crippen LogP contribution in [0.1, 0.15) is 11.1 Å². The van der Waals surface area contributed by atoms with E-state index >= 15 is 0 Å². The van der Waals surface area contributed by atoms with Crippen molar-refractivity contribution in [3.05, 3.63) is 64.0 Å². The van der Waals surface area contributed by atoms with Crippen LogP contribution in [0.15, 0.2) is 47.9 Å². The third kappa shape index (κ3) is 6.30. The lowest BCUT2D eigenvalue weighted by molar-refractivity contribution is -0.117. The van der Waals surface area contributed by atoms with Crippen LogP contribution in [0, 0.1) is 6.92 Å². The van der Waals surface area contributed by atoms with Crippen molar-refractivity contribution in [3.8, 4) is 5.75 Å². The fraction of sp³-hybridized carbons (Fsp3) is 0.318. The van der Waals surface area contributed by atoms with Crippen LogP contribution in [0.4, 0.5) is 5.69 Å². The first kappa shape index (κ1) is 23.3. The molecule has 7 nitrogen and oxygen atoms in total. The smallest absolute Gasteiger partial charge is 0.238 e. The van der Waals surface area contributed by atoms with E-state index in [0.29, 0.717) is 42.6 Å². The molecule has 0 aromatic heterocycles. The van der Waals surface area contributed by atoms with Crippen molar-refractivity contribution in [2.45, 2.75) is 6.92 Å². The molecule has 2 aromatic rings. The first-order valence-corrected chi connectivity index (χ1v) is 11.8. The largest absolute Gasteiger partial charge is 0.495 e. The van der Waals surface area contributed by atoms with E-state index < -0.39 is 10.0 Å². The summed E-state index contributed by atoms with van der Waals surface area (Å²) < 4.78 is 31.9. The fourth-order valence-electron chi connectivity index (χ4n) is 3.28. The Morgan fingerprint density at radius 1 is 1.16 bits per heavy atom. The second-order valence-corrected chi connectivity index (χ2v) is 9.51. The molecule has 0 unspecified atom stereocenters. The summed E-state index contributed by atoms with van der Waals surface area (Å²) in [5, 5.41) is 4.65. The van der Waals surface area contributed by atoms with Gasteiger partial charge in [-0.25, -0.2) is 8.42 Å². The number of nitrogens with one attached hydrogen (secondary N) is 1. The van der Waals surface area contributed by atoms with E-state index in [1.807, 2.05) is 42.2 Å². The van der Waals surface area contributed by atoms with Gasteiger partial charge in [-0.15, -0.1) is 0 Å². The van der Waals surface area contributed by atoms with E-state index in [2.05, 4.69) is 5.32 Å². The molecule has 3 rings (SSSR count). The molecule has 0 bridgehead atoms. The van der Waals surface area contributed by atoms with E-state index in [-0.39, 0.29) is 12.5 Å². The van der Waals surface area contributed by atoms with Crippen LogP contribution in [0.2, 0.25) is 5.02 Å². The number of hydrogen-bond acceptors (Lipinski definition) is 5. The molecular weight excluding hydrogens is 438 g/mol. The molecule has 1 amide bonds. The predicted molar refractivity (Wildman–Crippen MR) is 124 cm³/mol. The summed E-state index contributed by atoms with van der Waals surface area (Å²) >= 11 is 6.10. The monoisotopic (exact) mass is 463 g/mol. The van der Waals surface area contributed by atoms with Crippen molar-refractivity contribution in [2.24, 2.45) is 0 Å². The van der Waals surface area contributed by atoms with Gasteiger partial charge in [-0.2, -0.15) is 4.31 Å². The molecular formula is C22H26ClN3O4S. The highest BCUT2D eigenvalue weighted by Crippen LogP contribution is 2.30. The van der Waals surface area contributed by atoms with Gasteiger partial charge in [0, 0.05) is 42.7 Å². The number of carbonyl (C=O) groups is 1. The molecule has 9 heteroatoms. The van der Waals surface area contributed by atoms with Crippen LogP contribution in [0.5, 0.6) is 5.75 Å². The van der Waals surface area contributed by atoms with Crippen molar-refractivity contribution in [1.29, 1.82) is 0 Å². The van der Waals surface area contributed by atoms with Gasteiger partial charge in [0.25, 0.3) is 0 Å². The Labute approximate surface area is 188 Å². The van der Waals surface area contributed by atoms with Gasteiger partial charge in [0.2, 0.25) is 15.9 Å². The van der Waals surface area contributed by atoms with Gasteiger partial charge < -0.3 is 10.1 Å². The average Bonchev–Trinajstić information content (AvgIpc) is 2.76. The van der Waals surface area contributed by atoms with Crippen LogP contribution in [0.3, 0.4) is 0 Å². The third-order valence-corrected chi connectivity index (χ3v) is 7.02. The number of piperazine rings is 1. The number of halogens is 1. The Balaban J connectivity index is 1.53. The molecule has 2 aromatic carbocycles. The first-order valence-electron chi connectivity index (χ1n) is 9.88. The third-order valence-electron chi connectivity index (χ3n) is 5.05. The minimum Gasteiger partial charge on any atom is -0.495 e. The summed E-state index contributed by atoms with van der Waals surface area (Å²) in [4.78, 5) is 14.4. The zero-order valence-electron chi connectivity index (χ0n) is 17.5. The molecule has 0 saturated carbocycles. The lowest BCUT2D eigenvalue weighted by atomic mass is 10.2. The Morgan fingerprint density at radius 3 is 2.48 bits per heavy atom. The van der Waals surface area contributed by atoms with Crippen molar-refractivity contribution >= 4 is 39.3 Å². The SMILES string of the molecule is COc1cc(Cl)c(C)cc1NC(=O)CN1CCN(S(=O)(=O)/C=C/c2ccccc2)CC1. The van der Waals surface area contributed by atoms with Gasteiger partial charge in [-0.3, -0.25) is 9.69 Å². The molecule has 0 atom stereocenters. The number of sulfonamides is 1. The molecule has 1 saturated heterocycles. The zero-order valence-corrected chi connectivity index (χ0v) is 19.1. The van der Waals surface area contributed by atoms with Gasteiger partial charge >= 0.3 is 0 Å². The van der Waals surface area contributed by atoms with Crippen LogP contribution in [-0.4, -0.2) is 63.4 Å². The molecule has 1 fully saturated rings. The van der Waals surface area contributed by atoms with Gasteiger partial charge in [-0.1, -0.05) is 41.9 Å². The van der Waals surface area contributed by atoms with Crippen LogP contribution >= 0.6 is 11.6 Å². The topological polar surface area (TPSA) is 79.0 Å². The van der Waals surface area contributed by atoms with E-state index in [0.717, 1.165) is 11.1 Å². The molecule has 31 heavy (non-hydrogen) atoms. The molecule has 1 aliphatic rings. The fourth-order valence-corrected chi connectivity index (χ4v) is 4.61. The van der Waals surface area contributed by atoms with E-state index in [9.17, 15) is 13.2 Å². The Kier molecular flexibility index (Phi) is 7.72. The highest BCUT2D eigenvalue weighted by molar-refractivity contribution is 7.92. The van der Waals surface area contributed by atoms with Crippen molar-refractivity contribution in [1.82, 2.24) is 9.21 Å². The van der Waals surface area contributed by atoms with Crippen LogP contribution < -0.4 is 10.1 Å². The maximum absolute atomic E-state index is 12.6. The number of ether oxygens (including phenoxy) is 1. The van der Waals surface area contributed by atoms with E-state index in [1.54, 1.807) is 18.2 Å². The average molecular weight is 464 g/mol. The molecule has 0 spiro atoms. The lowest BCUT2D eigenvalue weighted by Gasteiger charge is -2.32. The lowest BCUT2D eigenvalue weighted by Crippen LogP contribution is -2.49. The summed E-state index contributed by atoms with van der Waals surface area (Å²) in [7, 11) is -1.99. The highest BCUT2D eigenvalue weighted by atomic mass is 35.5. The van der Waals surface area contributed by atoms with Gasteiger partial charge in [-0.05, 0) is 30.2 Å². The van der Waals surface area contributed by atoms with Crippen LogP contribution in [-0.2, 0) is 14.8 Å². The number of carbonyl (C=O) groups excluding carboxylic acids is 1. The summed E-state index contributed by atoms with van der Waals surface area (Å²) in [5.74, 6) is 0.297. The number of rotatable bonds is 7. The van der Waals surface area contributed by atoms with Gasteiger partial charge in [0.05, 0.1) is 19.3 Å². The van der Waals surface area contributed by atoms with Gasteiger partial charge in [0.15, 0.2) is 0 Å². The summed E-state index contributed by atoms with van der Waals surface area (Å²) in [6, 6.07) is 12.7. The van der Waals surface area contributed by atoms with E-state index in [1.165, 1.54) is 16.8 Å². The quantitative estimate of drug-likeness (QED) is 0.682. The number of benzene rings is 2. The first-order chi connectivity index (χ1) is 14.8. The molecule has 1 N–H and O–H groups in total. The van der Waals surface area contributed by atoms with Crippen molar-refractivity contribution in [3.63, 3.8) is 0 Å². The minimum absolute atomic E-state index is 0.165. The zero-order chi connectivity index (χ0) is 22.4. The maximum atomic E-state index is 12.6. The Morgan fingerprint density at radius 2 is 1.84 bits per heavy atom. The number of aryl methyl sites for hydroxylation is 1.